The third-order valence-electron chi connectivity index (χ3n) is 14.1. The van der Waals surface area contributed by atoms with Gasteiger partial charge in [-0.05, 0) is 77.2 Å². The van der Waals surface area contributed by atoms with E-state index >= 15 is 26.3 Å². The fourth-order valence-electron chi connectivity index (χ4n) is 10.3. The monoisotopic (exact) mass is 1020 g/mol. The molecule has 3 aliphatic rings. The van der Waals surface area contributed by atoms with Crippen molar-refractivity contribution in [1.82, 2.24) is 0 Å². The summed E-state index contributed by atoms with van der Waals surface area (Å²) in [4.78, 5) is 53.6. The minimum atomic E-state index is -5.29. The first kappa shape index (κ1) is 58.6. The van der Waals surface area contributed by atoms with Gasteiger partial charge in [0, 0.05) is 50.2 Å². The molecule has 0 amide bonds. The summed E-state index contributed by atoms with van der Waals surface area (Å²) in [7, 11) is 1.53. The normalized spacial score (nSPS) is 23.1. The van der Waals surface area contributed by atoms with Crippen LogP contribution in [0.25, 0.3) is 0 Å². The molecule has 0 unspecified atom stereocenters. The van der Waals surface area contributed by atoms with Crippen molar-refractivity contribution in [2.24, 2.45) is 0 Å². The maximum atomic E-state index is 15.1. The summed E-state index contributed by atoms with van der Waals surface area (Å²) in [6.45, 7) is 3.93. The molecule has 0 N–H and O–H groups in total. The van der Waals surface area contributed by atoms with Crippen LogP contribution in [0.4, 0.5) is 26.3 Å². The number of cyclic esters (lactones) is 1. The summed E-state index contributed by atoms with van der Waals surface area (Å²) in [5.74, 6) is -3.91. The van der Waals surface area contributed by atoms with E-state index in [-0.39, 0.29) is 81.4 Å². The Kier molecular flexibility index (Phi) is 22.6. The first-order valence-corrected chi connectivity index (χ1v) is 25.9. The molecule has 5 rings (SSSR count). The molecule has 0 saturated carbocycles. The third-order valence-corrected chi connectivity index (χ3v) is 14.1. The van der Waals surface area contributed by atoms with Crippen LogP contribution in [0.1, 0.15) is 166 Å². The molecule has 3 aliphatic heterocycles. The van der Waals surface area contributed by atoms with Gasteiger partial charge in [-0.15, -0.1) is 0 Å². The van der Waals surface area contributed by atoms with E-state index in [1.807, 2.05) is 0 Å². The molecule has 2 aromatic rings. The maximum absolute atomic E-state index is 15.1. The highest BCUT2D eigenvalue weighted by molar-refractivity contribution is 5.91. The average Bonchev–Trinajstić information content (AvgIpc) is 3.96. The molecule has 0 spiro atoms. The van der Waals surface area contributed by atoms with Crippen LogP contribution in [0.15, 0.2) is 72.3 Å². The molecule has 9 atom stereocenters. The Morgan fingerprint density at radius 1 is 0.625 bits per heavy atom. The second-order valence-corrected chi connectivity index (χ2v) is 19.5. The number of alkyl halides is 6. The van der Waals surface area contributed by atoms with Crippen molar-refractivity contribution in [3.8, 4) is 0 Å². The Bertz CT molecular complexity index is 2030. The second-order valence-electron chi connectivity index (χ2n) is 19.5. The number of methoxy groups -OCH3 is 2. The zero-order chi connectivity index (χ0) is 52.4. The number of ketones is 1. The molecule has 11 nitrogen and oxygen atoms in total. The van der Waals surface area contributed by atoms with Crippen molar-refractivity contribution in [2.45, 2.75) is 221 Å². The lowest BCUT2D eigenvalue weighted by Crippen LogP contribution is -2.53. The fraction of sp³-hybridized carbons (Fsp3) is 0.673. The van der Waals surface area contributed by atoms with Gasteiger partial charge in [0.2, 0.25) is 0 Å². The molecular formula is C55H74F6O11. The third kappa shape index (κ3) is 15.4. The van der Waals surface area contributed by atoms with Crippen LogP contribution in [-0.2, 0) is 63.5 Å². The quantitative estimate of drug-likeness (QED) is 0.0320. The largest absolute Gasteiger partial charge is 0.457 e. The average molecular weight is 1030 g/mol. The predicted molar refractivity (Wildman–Crippen MR) is 255 cm³/mol. The van der Waals surface area contributed by atoms with E-state index < -0.39 is 71.0 Å². The van der Waals surface area contributed by atoms with Gasteiger partial charge in [-0.2, -0.15) is 26.3 Å². The number of rotatable bonds is 30. The Labute approximate surface area is 420 Å². The molecule has 0 aromatic heterocycles. The van der Waals surface area contributed by atoms with E-state index in [1.165, 1.54) is 49.2 Å². The summed E-state index contributed by atoms with van der Waals surface area (Å²) in [5.41, 5.74) is -7.47. The number of hydrogen-bond acceptors (Lipinski definition) is 11. The Morgan fingerprint density at radius 2 is 1.08 bits per heavy atom. The lowest BCUT2D eigenvalue weighted by Gasteiger charge is -2.36. The van der Waals surface area contributed by atoms with Gasteiger partial charge in [0.05, 0.1) is 24.4 Å². The number of carbonyl (C=O) groups excluding carboxylic acids is 4. The molecular weight excluding hydrogens is 951 g/mol. The summed E-state index contributed by atoms with van der Waals surface area (Å²) >= 11 is 0. The van der Waals surface area contributed by atoms with Gasteiger partial charge in [0.15, 0.2) is 0 Å². The van der Waals surface area contributed by atoms with E-state index in [1.54, 1.807) is 13.0 Å². The number of benzene rings is 2. The number of halogens is 6. The first-order chi connectivity index (χ1) is 34.4. The molecule has 0 aliphatic carbocycles. The molecule has 72 heavy (non-hydrogen) atoms. The lowest BCUT2D eigenvalue weighted by molar-refractivity contribution is -0.280. The smallest absolute Gasteiger partial charge is 0.432 e. The van der Waals surface area contributed by atoms with Crippen LogP contribution >= 0.6 is 0 Å². The number of ether oxygens (including phenoxy) is 7. The van der Waals surface area contributed by atoms with Crippen molar-refractivity contribution >= 4 is 23.7 Å². The second kappa shape index (κ2) is 27.8. The molecule has 17 heteroatoms. The number of carbonyl (C=O) groups is 4. The first-order valence-electron chi connectivity index (χ1n) is 25.9. The summed E-state index contributed by atoms with van der Waals surface area (Å²) < 4.78 is 130. The van der Waals surface area contributed by atoms with E-state index in [4.69, 9.17) is 33.2 Å². The van der Waals surface area contributed by atoms with Gasteiger partial charge < -0.3 is 33.2 Å². The molecule has 402 valence electrons. The summed E-state index contributed by atoms with van der Waals surface area (Å²) in [6, 6.07) is 12.8. The minimum absolute atomic E-state index is 0.0494. The highest BCUT2D eigenvalue weighted by atomic mass is 19.4. The summed E-state index contributed by atoms with van der Waals surface area (Å²) in [6.07, 6.45) is -1.01. The lowest BCUT2D eigenvalue weighted by atomic mass is 9.92. The van der Waals surface area contributed by atoms with Crippen LogP contribution in [-0.4, -0.2) is 93.0 Å². The Hall–Kier alpha value is -4.32. The number of hydrogen-bond donors (Lipinski definition) is 0. The van der Waals surface area contributed by atoms with Crippen LogP contribution in [0.2, 0.25) is 0 Å². The zero-order valence-corrected chi connectivity index (χ0v) is 42.2. The molecule has 2 aromatic carbocycles. The topological polar surface area (TPSA) is 133 Å². The minimum Gasteiger partial charge on any atom is -0.457 e. The van der Waals surface area contributed by atoms with Gasteiger partial charge in [-0.1, -0.05) is 125 Å². The van der Waals surface area contributed by atoms with Gasteiger partial charge in [0.1, 0.15) is 24.1 Å². The van der Waals surface area contributed by atoms with Crippen molar-refractivity contribution in [3.05, 3.63) is 83.4 Å². The SMILES string of the molecule is CCCCCCCCCCCC[C@H](OC(=O)[C@](OC)(c1ccccc1)C(F)(F)F)[C@@H]1CC[C@H]([C@@H](CCCCC(=O)C[C@@H]2CCC[C@H](CC3=C[C@H](C)OC3=O)O2)OC(=O)[C@](OC)(c2ccccc2)C(F)(F)F)O1. The van der Waals surface area contributed by atoms with Crippen molar-refractivity contribution in [3.63, 3.8) is 0 Å². The van der Waals surface area contributed by atoms with Gasteiger partial charge in [-0.25, -0.2) is 14.4 Å². The van der Waals surface area contributed by atoms with Crippen molar-refractivity contribution < 1.29 is 78.7 Å². The number of Topliss-reactive ketones (excluding diaryl/α,β-unsaturated/α-hetero) is 1. The van der Waals surface area contributed by atoms with Crippen LogP contribution in [0.3, 0.4) is 0 Å². The maximum Gasteiger partial charge on any atom is 0.432 e. The molecule has 0 bridgehead atoms. The Morgan fingerprint density at radius 3 is 1.53 bits per heavy atom. The standard InChI is InChI=1S/C55H74F6O11/c1-5-6-7-8-9-10-11-12-13-20-31-45(71-50(64)52(66-3,54(56,57)58)40-24-16-14-17-25-40)47-33-34-48(70-47)46(72-51(65)53(67-4,55(59,60)61)41-26-18-15-19-27-41)32-22-21-28-42(62)37-44-30-23-29-43(69-44)36-39-35-38(2)68-49(39)63/h14-19,24-27,35,38,43-48H,5-13,20-23,28-34,36-37H2,1-4H3/t38-,43+,44-,45-,46+,47-,48+,52+,53+/m0/s1. The fourth-order valence-corrected chi connectivity index (χ4v) is 10.3. The molecule has 2 fully saturated rings. The van der Waals surface area contributed by atoms with E-state index in [9.17, 15) is 19.2 Å². The zero-order valence-electron chi connectivity index (χ0n) is 42.2. The predicted octanol–water partition coefficient (Wildman–Crippen LogP) is 12.6. The highest BCUT2D eigenvalue weighted by Gasteiger charge is 2.66. The highest BCUT2D eigenvalue weighted by Crippen LogP contribution is 2.46. The van der Waals surface area contributed by atoms with Gasteiger partial charge in [-0.3, -0.25) is 4.79 Å². The van der Waals surface area contributed by atoms with Crippen LogP contribution in [0, 0.1) is 0 Å². The number of esters is 3. The van der Waals surface area contributed by atoms with E-state index in [0.29, 0.717) is 31.3 Å². The van der Waals surface area contributed by atoms with Crippen molar-refractivity contribution in [2.75, 3.05) is 14.2 Å². The van der Waals surface area contributed by atoms with Gasteiger partial charge in [0.25, 0.3) is 11.2 Å². The van der Waals surface area contributed by atoms with Crippen molar-refractivity contribution in [1.29, 1.82) is 0 Å². The Balaban J connectivity index is 1.32. The van der Waals surface area contributed by atoms with E-state index in [2.05, 4.69) is 6.92 Å². The molecule has 2 saturated heterocycles. The summed E-state index contributed by atoms with van der Waals surface area (Å²) in [5, 5.41) is 0. The number of unbranched alkanes of at least 4 members (excludes halogenated alkanes) is 10. The molecule has 3 heterocycles. The van der Waals surface area contributed by atoms with E-state index in [0.717, 1.165) is 89.9 Å². The molecule has 0 radical (unpaired) electrons. The van der Waals surface area contributed by atoms with Gasteiger partial charge >= 0.3 is 30.3 Å². The van der Waals surface area contributed by atoms with Crippen LogP contribution < -0.4 is 0 Å². The van der Waals surface area contributed by atoms with Crippen LogP contribution in [0.5, 0.6) is 0 Å².